The molecule has 4 rings (SSSR count). The normalized spacial score (nSPS) is 11.0. The first-order valence-electron chi connectivity index (χ1n) is 10.9. The molecule has 0 saturated carbocycles. The van der Waals surface area contributed by atoms with Gasteiger partial charge in [-0.15, -0.1) is 5.10 Å². The molecule has 0 saturated heterocycles. The maximum atomic E-state index is 13.1. The maximum absolute atomic E-state index is 13.1. The van der Waals surface area contributed by atoms with E-state index in [9.17, 15) is 4.79 Å². The standard InChI is InChI=1S/C23H24N8O5/c1-4-12-35-16-10-8-14(9-11-16)19-18(26-30-31(19)22-21(24)28-36-29-22)23(32)27-25-13-15-6-5-7-17(33-2)20(15)34-3/h5-11,13H,4,12H2,1-3H3,(H2,24,28)(H,27,32)/b25-13-. The quantitative estimate of drug-likeness (QED) is 0.248. The molecule has 2 aromatic heterocycles. The first kappa shape index (κ1) is 24.2. The van der Waals surface area contributed by atoms with Crippen molar-refractivity contribution in [2.24, 2.45) is 5.10 Å². The van der Waals surface area contributed by atoms with Gasteiger partial charge in [0.1, 0.15) is 11.4 Å². The van der Waals surface area contributed by atoms with Crippen molar-refractivity contribution in [1.29, 1.82) is 0 Å². The number of para-hydroxylation sites is 1. The molecule has 13 heteroatoms. The van der Waals surface area contributed by atoms with Gasteiger partial charge in [-0.1, -0.05) is 18.2 Å². The van der Waals surface area contributed by atoms with Crippen LogP contribution in [0, 0.1) is 0 Å². The number of aromatic nitrogens is 5. The van der Waals surface area contributed by atoms with E-state index in [-0.39, 0.29) is 17.3 Å². The highest BCUT2D eigenvalue weighted by Crippen LogP contribution is 2.30. The van der Waals surface area contributed by atoms with Gasteiger partial charge in [0.2, 0.25) is 11.6 Å². The molecule has 0 aliphatic carbocycles. The van der Waals surface area contributed by atoms with Crippen LogP contribution in [0.4, 0.5) is 5.82 Å². The number of nitrogens with two attached hydrogens (primary N) is 1. The smallest absolute Gasteiger partial charge is 0.294 e. The highest BCUT2D eigenvalue weighted by Gasteiger charge is 2.25. The van der Waals surface area contributed by atoms with Crippen molar-refractivity contribution >= 4 is 17.9 Å². The summed E-state index contributed by atoms with van der Waals surface area (Å²) >= 11 is 0. The Labute approximate surface area is 205 Å². The van der Waals surface area contributed by atoms with Crippen LogP contribution in [0.2, 0.25) is 0 Å². The fourth-order valence-electron chi connectivity index (χ4n) is 3.34. The van der Waals surface area contributed by atoms with Crippen LogP contribution in [-0.4, -0.2) is 58.3 Å². The van der Waals surface area contributed by atoms with Crippen LogP contribution in [0.3, 0.4) is 0 Å². The highest BCUT2D eigenvalue weighted by molar-refractivity contribution is 5.99. The van der Waals surface area contributed by atoms with Crippen LogP contribution in [0.1, 0.15) is 29.4 Å². The molecule has 0 aliphatic heterocycles. The Morgan fingerprint density at radius 1 is 1.17 bits per heavy atom. The number of hydrogen-bond donors (Lipinski definition) is 2. The van der Waals surface area contributed by atoms with Gasteiger partial charge in [0.05, 0.1) is 27.0 Å². The second kappa shape index (κ2) is 11.0. The van der Waals surface area contributed by atoms with Gasteiger partial charge in [0.15, 0.2) is 17.2 Å². The fraction of sp³-hybridized carbons (Fsp3) is 0.217. The van der Waals surface area contributed by atoms with Crippen molar-refractivity contribution in [3.8, 4) is 34.3 Å². The third-order valence-corrected chi connectivity index (χ3v) is 4.99. The summed E-state index contributed by atoms with van der Waals surface area (Å²) in [5, 5.41) is 19.5. The van der Waals surface area contributed by atoms with E-state index in [1.807, 2.05) is 6.92 Å². The highest BCUT2D eigenvalue weighted by atomic mass is 16.6. The Hall–Kier alpha value is -4.94. The topological polar surface area (TPSA) is 165 Å². The molecule has 0 unspecified atom stereocenters. The molecule has 4 aromatic rings. The molecule has 186 valence electrons. The minimum absolute atomic E-state index is 0.0147. The molecule has 0 aliphatic rings. The van der Waals surface area contributed by atoms with Crippen LogP contribution in [0.25, 0.3) is 17.1 Å². The van der Waals surface area contributed by atoms with E-state index in [2.05, 4.69) is 31.2 Å². The van der Waals surface area contributed by atoms with Crippen molar-refractivity contribution < 1.29 is 23.6 Å². The van der Waals surface area contributed by atoms with E-state index in [0.717, 1.165) is 6.42 Å². The Morgan fingerprint density at radius 3 is 2.64 bits per heavy atom. The number of nitrogens with one attached hydrogen (secondary N) is 1. The van der Waals surface area contributed by atoms with E-state index < -0.39 is 5.91 Å². The predicted octanol–water partition coefficient (Wildman–Crippen LogP) is 2.47. The number of rotatable bonds is 10. The number of carbonyl (C=O) groups excluding carboxylic acids is 1. The number of ether oxygens (including phenoxy) is 3. The average Bonchev–Trinajstić information content (AvgIpc) is 3.53. The molecular formula is C23H24N8O5. The zero-order valence-corrected chi connectivity index (χ0v) is 19.8. The predicted molar refractivity (Wildman–Crippen MR) is 129 cm³/mol. The summed E-state index contributed by atoms with van der Waals surface area (Å²) in [7, 11) is 3.05. The molecule has 2 heterocycles. The Kier molecular flexibility index (Phi) is 7.39. The number of hydrazone groups is 1. The summed E-state index contributed by atoms with van der Waals surface area (Å²) in [6, 6.07) is 12.4. The van der Waals surface area contributed by atoms with Gasteiger partial charge in [0, 0.05) is 11.1 Å². The lowest BCUT2D eigenvalue weighted by Gasteiger charge is -2.09. The van der Waals surface area contributed by atoms with Crippen molar-refractivity contribution in [2.75, 3.05) is 26.6 Å². The lowest BCUT2D eigenvalue weighted by atomic mass is 10.1. The molecule has 2 aromatic carbocycles. The average molecular weight is 492 g/mol. The van der Waals surface area contributed by atoms with Crippen LogP contribution in [0.15, 0.2) is 52.2 Å². The summed E-state index contributed by atoms with van der Waals surface area (Å²) < 4.78 is 22.3. The monoisotopic (exact) mass is 492 g/mol. The summed E-state index contributed by atoms with van der Waals surface area (Å²) in [5.41, 5.74) is 9.82. The molecule has 36 heavy (non-hydrogen) atoms. The van der Waals surface area contributed by atoms with Gasteiger partial charge < -0.3 is 19.9 Å². The third kappa shape index (κ3) is 4.94. The fourth-order valence-corrected chi connectivity index (χ4v) is 3.34. The number of nitrogens with zero attached hydrogens (tertiary/aromatic N) is 6. The maximum Gasteiger partial charge on any atom is 0.294 e. The molecule has 0 radical (unpaired) electrons. The largest absolute Gasteiger partial charge is 0.494 e. The lowest BCUT2D eigenvalue weighted by Crippen LogP contribution is -2.19. The SMILES string of the molecule is CCCOc1ccc(-c2c(C(=O)N/N=C\c3cccc(OC)c3OC)nnn2-c2nonc2N)cc1. The van der Waals surface area contributed by atoms with Crippen LogP contribution in [0.5, 0.6) is 17.2 Å². The Balaban J connectivity index is 1.65. The van der Waals surface area contributed by atoms with Crippen molar-refractivity contribution in [1.82, 2.24) is 30.7 Å². The lowest BCUT2D eigenvalue weighted by molar-refractivity contribution is 0.0950. The van der Waals surface area contributed by atoms with Crippen LogP contribution >= 0.6 is 0 Å². The molecule has 0 spiro atoms. The van der Waals surface area contributed by atoms with Crippen LogP contribution in [-0.2, 0) is 0 Å². The third-order valence-electron chi connectivity index (χ3n) is 4.99. The van der Waals surface area contributed by atoms with Gasteiger partial charge in [-0.25, -0.2) is 10.1 Å². The molecular weight excluding hydrogens is 468 g/mol. The minimum Gasteiger partial charge on any atom is -0.494 e. The first-order valence-corrected chi connectivity index (χ1v) is 10.9. The summed E-state index contributed by atoms with van der Waals surface area (Å²) in [6.45, 7) is 2.61. The molecule has 0 atom stereocenters. The second-order valence-corrected chi connectivity index (χ2v) is 7.33. The summed E-state index contributed by atoms with van der Waals surface area (Å²) in [5.74, 6) is 1.15. The van der Waals surface area contributed by atoms with Gasteiger partial charge in [0.25, 0.3) is 5.91 Å². The zero-order chi connectivity index (χ0) is 25.5. The number of hydrogen-bond acceptors (Lipinski definition) is 11. The summed E-state index contributed by atoms with van der Waals surface area (Å²) in [4.78, 5) is 13.1. The van der Waals surface area contributed by atoms with E-state index in [4.69, 9.17) is 24.6 Å². The number of anilines is 1. The van der Waals surface area contributed by atoms with E-state index in [1.54, 1.807) is 42.5 Å². The van der Waals surface area contributed by atoms with E-state index >= 15 is 0 Å². The first-order chi connectivity index (χ1) is 17.6. The van der Waals surface area contributed by atoms with Crippen molar-refractivity contribution in [3.05, 3.63) is 53.7 Å². The zero-order valence-electron chi connectivity index (χ0n) is 19.8. The van der Waals surface area contributed by atoms with Gasteiger partial charge in [-0.2, -0.15) is 9.78 Å². The summed E-state index contributed by atoms with van der Waals surface area (Å²) in [6.07, 6.45) is 2.31. The Bertz CT molecular complexity index is 1360. The van der Waals surface area contributed by atoms with Gasteiger partial charge in [-0.05, 0) is 53.1 Å². The van der Waals surface area contributed by atoms with Gasteiger partial charge >= 0.3 is 0 Å². The molecule has 1 amide bonds. The number of amides is 1. The Morgan fingerprint density at radius 2 is 1.97 bits per heavy atom. The number of carbonyl (C=O) groups is 1. The molecule has 13 nitrogen and oxygen atoms in total. The number of nitrogen functional groups attached to an aromatic ring is 1. The second-order valence-electron chi connectivity index (χ2n) is 7.33. The number of benzene rings is 2. The van der Waals surface area contributed by atoms with Crippen molar-refractivity contribution in [2.45, 2.75) is 13.3 Å². The van der Waals surface area contributed by atoms with E-state index in [1.165, 1.54) is 25.1 Å². The van der Waals surface area contributed by atoms with Crippen molar-refractivity contribution in [3.63, 3.8) is 0 Å². The minimum atomic E-state index is -0.615. The molecule has 0 fully saturated rings. The van der Waals surface area contributed by atoms with E-state index in [0.29, 0.717) is 40.7 Å². The molecule has 3 N–H and O–H groups in total. The van der Waals surface area contributed by atoms with Gasteiger partial charge in [-0.3, -0.25) is 4.79 Å². The van der Waals surface area contributed by atoms with Crippen LogP contribution < -0.4 is 25.4 Å². The number of methoxy groups -OCH3 is 2. The molecule has 0 bridgehead atoms.